The Balaban J connectivity index is 2.53. The average Bonchev–Trinajstić information content (AvgIpc) is 2.37. The van der Waals surface area contributed by atoms with Crippen LogP contribution >= 0.6 is 0 Å². The Morgan fingerprint density at radius 2 is 1.90 bits per heavy atom. The summed E-state index contributed by atoms with van der Waals surface area (Å²) in [7, 11) is -3.76. The fraction of sp³-hybridized carbons (Fsp3) is 0.500. The number of nitriles is 1. The predicted molar refractivity (Wildman–Crippen MR) is 73.0 cm³/mol. The number of hydrogen-bond donors (Lipinski definition) is 0. The molecule has 1 unspecified atom stereocenters. The molecule has 2 rings (SSSR count). The normalized spacial score (nSPS) is 20.6. The minimum atomic E-state index is -3.76. The van der Waals surface area contributed by atoms with E-state index in [2.05, 4.69) is 6.07 Å². The molecule has 0 spiro atoms. The fourth-order valence-corrected chi connectivity index (χ4v) is 4.77. The van der Waals surface area contributed by atoms with Gasteiger partial charge in [-0.15, -0.1) is 0 Å². The van der Waals surface area contributed by atoms with Crippen LogP contribution in [0.2, 0.25) is 0 Å². The lowest BCUT2D eigenvalue weighted by Gasteiger charge is -2.31. The van der Waals surface area contributed by atoms with Gasteiger partial charge in [-0.3, -0.25) is 0 Å². The number of sulfonamides is 1. The molecule has 20 heavy (non-hydrogen) atoms. The first kappa shape index (κ1) is 14.9. The van der Waals surface area contributed by atoms with E-state index in [9.17, 15) is 12.8 Å². The van der Waals surface area contributed by atoms with E-state index < -0.39 is 21.9 Å². The second-order valence-electron chi connectivity index (χ2n) is 5.13. The van der Waals surface area contributed by atoms with Crippen molar-refractivity contribution in [2.24, 2.45) is 0 Å². The van der Waals surface area contributed by atoms with Gasteiger partial charge >= 0.3 is 0 Å². The summed E-state index contributed by atoms with van der Waals surface area (Å²) in [5, 5.41) is 9.14. The first-order valence-electron chi connectivity index (χ1n) is 6.56. The van der Waals surface area contributed by atoms with E-state index in [0.717, 1.165) is 12.8 Å². The highest BCUT2D eigenvalue weighted by atomic mass is 32.2. The van der Waals surface area contributed by atoms with E-state index in [4.69, 9.17) is 5.26 Å². The van der Waals surface area contributed by atoms with Crippen LogP contribution in [0.5, 0.6) is 0 Å². The van der Waals surface area contributed by atoms with Crippen LogP contribution in [-0.4, -0.2) is 25.3 Å². The predicted octanol–water partition coefficient (Wildman–Crippen LogP) is 2.51. The van der Waals surface area contributed by atoms with E-state index in [1.165, 1.54) is 16.4 Å². The molecule has 0 amide bonds. The van der Waals surface area contributed by atoms with Gasteiger partial charge in [-0.2, -0.15) is 9.57 Å². The molecule has 1 aromatic rings. The summed E-state index contributed by atoms with van der Waals surface area (Å²) in [6.45, 7) is 3.50. The van der Waals surface area contributed by atoms with E-state index in [1.54, 1.807) is 13.8 Å². The number of halogens is 1. The van der Waals surface area contributed by atoms with Gasteiger partial charge in [-0.05, 0) is 56.4 Å². The number of hydrogen-bond acceptors (Lipinski definition) is 3. The fourth-order valence-electron chi connectivity index (χ4n) is 2.74. The van der Waals surface area contributed by atoms with Crippen molar-refractivity contribution in [3.8, 4) is 6.07 Å². The molecule has 0 bridgehead atoms. The zero-order valence-corrected chi connectivity index (χ0v) is 12.4. The van der Waals surface area contributed by atoms with Crippen LogP contribution < -0.4 is 0 Å². The lowest BCUT2D eigenvalue weighted by atomic mass is 10.1. The van der Waals surface area contributed by atoms with Crippen LogP contribution in [0.4, 0.5) is 4.39 Å². The van der Waals surface area contributed by atoms with Gasteiger partial charge in [0.1, 0.15) is 11.9 Å². The Hall–Kier alpha value is -1.45. The number of benzene rings is 1. The third-order valence-corrected chi connectivity index (χ3v) is 5.81. The molecule has 6 heteroatoms. The quantitative estimate of drug-likeness (QED) is 0.842. The van der Waals surface area contributed by atoms with Gasteiger partial charge in [-0.25, -0.2) is 12.8 Å². The summed E-state index contributed by atoms with van der Waals surface area (Å²) in [5.41, 5.74) is 0.759. The minimum absolute atomic E-state index is 0.126. The third-order valence-electron chi connectivity index (χ3n) is 3.59. The van der Waals surface area contributed by atoms with Crippen LogP contribution in [0.15, 0.2) is 17.0 Å². The smallest absolute Gasteiger partial charge is 0.207 e. The first-order valence-corrected chi connectivity index (χ1v) is 8.00. The minimum Gasteiger partial charge on any atom is -0.207 e. The Bertz CT molecular complexity index is 641. The molecule has 1 fully saturated rings. The molecule has 0 N–H and O–H groups in total. The molecular weight excluding hydrogens is 279 g/mol. The Morgan fingerprint density at radius 1 is 1.30 bits per heavy atom. The maximum absolute atomic E-state index is 13.3. The summed E-state index contributed by atoms with van der Waals surface area (Å²) in [6.07, 6.45) is 2.15. The molecular formula is C14H17FN2O2S. The molecule has 4 nitrogen and oxygen atoms in total. The van der Waals surface area contributed by atoms with Crippen LogP contribution in [0.25, 0.3) is 0 Å². The molecule has 1 aromatic carbocycles. The summed E-state index contributed by atoms with van der Waals surface area (Å²) >= 11 is 0. The van der Waals surface area contributed by atoms with E-state index in [-0.39, 0.29) is 4.90 Å². The Morgan fingerprint density at radius 3 is 2.45 bits per heavy atom. The highest BCUT2D eigenvalue weighted by molar-refractivity contribution is 7.89. The summed E-state index contributed by atoms with van der Waals surface area (Å²) < 4.78 is 40.1. The van der Waals surface area contributed by atoms with Crippen LogP contribution in [0.1, 0.15) is 30.4 Å². The first-order chi connectivity index (χ1) is 9.37. The highest BCUT2D eigenvalue weighted by Crippen LogP contribution is 2.29. The number of piperidine rings is 1. The standard InChI is InChI=1S/C14H17FN2O2S/c1-10-7-12(15)8-11(2)14(10)20(18,19)17-6-4-3-5-13(17)9-16/h7-8,13H,3-6H2,1-2H3. The topological polar surface area (TPSA) is 61.2 Å². The van der Waals surface area contributed by atoms with Crippen LogP contribution in [-0.2, 0) is 10.0 Å². The molecule has 0 saturated carbocycles. The Kier molecular flexibility index (Phi) is 4.11. The molecule has 0 aromatic heterocycles. The molecule has 0 radical (unpaired) electrons. The maximum atomic E-state index is 13.3. The van der Waals surface area contributed by atoms with Gasteiger partial charge in [0.2, 0.25) is 10.0 Å². The average molecular weight is 296 g/mol. The van der Waals surface area contributed by atoms with E-state index >= 15 is 0 Å². The van der Waals surface area contributed by atoms with Gasteiger partial charge in [-0.1, -0.05) is 0 Å². The molecule has 1 aliphatic heterocycles. The van der Waals surface area contributed by atoms with Crippen molar-refractivity contribution in [1.82, 2.24) is 4.31 Å². The van der Waals surface area contributed by atoms with Crippen molar-refractivity contribution in [3.05, 3.63) is 29.1 Å². The molecule has 1 atom stereocenters. The molecule has 1 aliphatic rings. The zero-order valence-electron chi connectivity index (χ0n) is 11.6. The molecule has 1 heterocycles. The lowest BCUT2D eigenvalue weighted by Crippen LogP contribution is -2.43. The van der Waals surface area contributed by atoms with Crippen LogP contribution in [0.3, 0.4) is 0 Å². The van der Waals surface area contributed by atoms with Crippen molar-refractivity contribution in [2.75, 3.05) is 6.54 Å². The third kappa shape index (κ3) is 2.56. The number of rotatable bonds is 2. The van der Waals surface area contributed by atoms with Gasteiger partial charge in [0.25, 0.3) is 0 Å². The highest BCUT2D eigenvalue weighted by Gasteiger charge is 2.35. The Labute approximate surface area is 118 Å². The van der Waals surface area contributed by atoms with E-state index in [1.807, 2.05) is 0 Å². The zero-order chi connectivity index (χ0) is 14.9. The van der Waals surface area contributed by atoms with Gasteiger partial charge in [0.15, 0.2) is 0 Å². The molecule has 108 valence electrons. The van der Waals surface area contributed by atoms with Crippen molar-refractivity contribution in [2.45, 2.75) is 44.0 Å². The lowest BCUT2D eigenvalue weighted by molar-refractivity contribution is 0.297. The monoisotopic (exact) mass is 296 g/mol. The molecule has 0 aliphatic carbocycles. The van der Waals surface area contributed by atoms with Gasteiger partial charge in [0.05, 0.1) is 11.0 Å². The van der Waals surface area contributed by atoms with Gasteiger partial charge in [0, 0.05) is 6.54 Å². The van der Waals surface area contributed by atoms with Crippen molar-refractivity contribution < 1.29 is 12.8 Å². The summed E-state index contributed by atoms with van der Waals surface area (Å²) in [4.78, 5) is 0.126. The summed E-state index contributed by atoms with van der Waals surface area (Å²) in [6, 6.07) is 3.85. The van der Waals surface area contributed by atoms with E-state index in [0.29, 0.717) is 24.1 Å². The number of nitrogens with zero attached hydrogens (tertiary/aromatic N) is 2. The van der Waals surface area contributed by atoms with Crippen molar-refractivity contribution in [1.29, 1.82) is 5.26 Å². The number of aryl methyl sites for hydroxylation is 2. The second kappa shape index (κ2) is 5.51. The van der Waals surface area contributed by atoms with Crippen molar-refractivity contribution in [3.63, 3.8) is 0 Å². The second-order valence-corrected chi connectivity index (χ2v) is 6.95. The van der Waals surface area contributed by atoms with Gasteiger partial charge < -0.3 is 0 Å². The van der Waals surface area contributed by atoms with Crippen molar-refractivity contribution >= 4 is 10.0 Å². The SMILES string of the molecule is Cc1cc(F)cc(C)c1S(=O)(=O)N1CCCCC1C#N. The van der Waals surface area contributed by atoms with Crippen LogP contribution in [0, 0.1) is 31.0 Å². The molecule has 1 saturated heterocycles. The maximum Gasteiger partial charge on any atom is 0.244 e. The largest absolute Gasteiger partial charge is 0.244 e. The summed E-state index contributed by atoms with van der Waals surface area (Å²) in [5.74, 6) is -0.450.